The predicted molar refractivity (Wildman–Crippen MR) is 56.4 cm³/mol. The van der Waals surface area contributed by atoms with Crippen LogP contribution < -0.4 is 0 Å². The normalized spacial score (nSPS) is 26.8. The summed E-state index contributed by atoms with van der Waals surface area (Å²) < 4.78 is 5.49. The van der Waals surface area contributed by atoms with Gasteiger partial charge in [-0.05, 0) is 30.9 Å². The summed E-state index contributed by atoms with van der Waals surface area (Å²) in [6.07, 6.45) is 1.93. The molecule has 2 heteroatoms. The summed E-state index contributed by atoms with van der Waals surface area (Å²) in [5.74, 6) is 1.17. The van der Waals surface area contributed by atoms with Crippen LogP contribution in [0.4, 0.5) is 0 Å². The van der Waals surface area contributed by atoms with E-state index in [4.69, 9.17) is 4.74 Å². The van der Waals surface area contributed by atoms with Crippen molar-refractivity contribution < 1.29 is 4.74 Å². The third-order valence-electron chi connectivity index (χ3n) is 3.03. The standard InChI is InChI=1S/C12H17NO/c1-8-4-11(10(3)13-5-8)12-7-14-6-9(12)2/h4-5,9,12H,6-7H2,1-3H3. The Kier molecular flexibility index (Phi) is 2.55. The van der Waals surface area contributed by atoms with Gasteiger partial charge in [0.25, 0.3) is 0 Å². The molecular weight excluding hydrogens is 174 g/mol. The molecule has 2 heterocycles. The minimum absolute atomic E-state index is 0.544. The third kappa shape index (κ3) is 1.67. The molecule has 2 atom stereocenters. The van der Waals surface area contributed by atoms with E-state index < -0.39 is 0 Å². The lowest BCUT2D eigenvalue weighted by atomic mass is 9.89. The Balaban J connectivity index is 2.34. The molecule has 2 nitrogen and oxygen atoms in total. The number of ether oxygens (including phenoxy) is 1. The molecule has 0 bridgehead atoms. The van der Waals surface area contributed by atoms with E-state index >= 15 is 0 Å². The SMILES string of the molecule is Cc1cnc(C)c(C2COCC2C)c1. The number of pyridine rings is 1. The minimum Gasteiger partial charge on any atom is -0.381 e. The molecule has 0 aromatic carbocycles. The fraction of sp³-hybridized carbons (Fsp3) is 0.583. The van der Waals surface area contributed by atoms with Gasteiger partial charge in [0.05, 0.1) is 6.61 Å². The lowest BCUT2D eigenvalue weighted by Crippen LogP contribution is -2.09. The van der Waals surface area contributed by atoms with Crippen LogP contribution >= 0.6 is 0 Å². The monoisotopic (exact) mass is 191 g/mol. The van der Waals surface area contributed by atoms with Crippen molar-refractivity contribution in [1.82, 2.24) is 4.98 Å². The first-order valence-electron chi connectivity index (χ1n) is 5.19. The number of nitrogens with zero attached hydrogens (tertiary/aromatic N) is 1. The maximum atomic E-state index is 5.49. The Labute approximate surface area is 85.3 Å². The molecule has 1 saturated heterocycles. The largest absolute Gasteiger partial charge is 0.381 e. The van der Waals surface area contributed by atoms with E-state index in [0.717, 1.165) is 18.9 Å². The summed E-state index contributed by atoms with van der Waals surface area (Å²) in [5, 5.41) is 0. The van der Waals surface area contributed by atoms with Crippen LogP contribution in [-0.4, -0.2) is 18.2 Å². The van der Waals surface area contributed by atoms with Crippen LogP contribution in [0.2, 0.25) is 0 Å². The van der Waals surface area contributed by atoms with E-state index in [9.17, 15) is 0 Å². The molecule has 0 amide bonds. The number of hydrogen-bond donors (Lipinski definition) is 0. The molecule has 0 N–H and O–H groups in total. The van der Waals surface area contributed by atoms with Crippen LogP contribution in [0.3, 0.4) is 0 Å². The van der Waals surface area contributed by atoms with Gasteiger partial charge in [-0.1, -0.05) is 13.0 Å². The summed E-state index contributed by atoms with van der Waals surface area (Å²) >= 11 is 0. The molecule has 1 aliphatic rings. The summed E-state index contributed by atoms with van der Waals surface area (Å²) in [5.41, 5.74) is 3.76. The van der Waals surface area contributed by atoms with Gasteiger partial charge in [-0.15, -0.1) is 0 Å². The van der Waals surface area contributed by atoms with E-state index in [2.05, 4.69) is 31.8 Å². The zero-order valence-electron chi connectivity index (χ0n) is 9.08. The lowest BCUT2D eigenvalue weighted by molar-refractivity contribution is 0.186. The van der Waals surface area contributed by atoms with Crippen molar-refractivity contribution >= 4 is 0 Å². The third-order valence-corrected chi connectivity index (χ3v) is 3.03. The van der Waals surface area contributed by atoms with Gasteiger partial charge in [0.15, 0.2) is 0 Å². The van der Waals surface area contributed by atoms with E-state index in [0.29, 0.717) is 11.8 Å². The van der Waals surface area contributed by atoms with Gasteiger partial charge in [0.1, 0.15) is 0 Å². The summed E-state index contributed by atoms with van der Waals surface area (Å²) in [6.45, 7) is 8.17. The number of hydrogen-bond acceptors (Lipinski definition) is 2. The van der Waals surface area contributed by atoms with Gasteiger partial charge in [-0.3, -0.25) is 4.98 Å². The first-order chi connectivity index (χ1) is 6.68. The second-order valence-electron chi connectivity index (χ2n) is 4.31. The topological polar surface area (TPSA) is 22.1 Å². The van der Waals surface area contributed by atoms with Gasteiger partial charge in [-0.2, -0.15) is 0 Å². The maximum absolute atomic E-state index is 5.49. The van der Waals surface area contributed by atoms with Crippen LogP contribution in [-0.2, 0) is 4.74 Å². The highest BCUT2D eigenvalue weighted by Gasteiger charge is 2.27. The molecule has 2 unspecified atom stereocenters. The summed E-state index contributed by atoms with van der Waals surface area (Å²) in [6, 6.07) is 2.25. The number of aryl methyl sites for hydroxylation is 2. The smallest absolute Gasteiger partial charge is 0.0538 e. The van der Waals surface area contributed by atoms with Crippen molar-refractivity contribution in [2.45, 2.75) is 26.7 Å². The quantitative estimate of drug-likeness (QED) is 0.680. The van der Waals surface area contributed by atoms with Crippen molar-refractivity contribution in [2.24, 2.45) is 5.92 Å². The van der Waals surface area contributed by atoms with E-state index in [1.807, 2.05) is 6.20 Å². The second-order valence-corrected chi connectivity index (χ2v) is 4.31. The molecule has 76 valence electrons. The van der Waals surface area contributed by atoms with Crippen LogP contribution in [0.15, 0.2) is 12.3 Å². The van der Waals surface area contributed by atoms with Crippen molar-refractivity contribution in [3.8, 4) is 0 Å². The molecule has 0 spiro atoms. The van der Waals surface area contributed by atoms with Crippen molar-refractivity contribution in [3.63, 3.8) is 0 Å². The molecule has 1 aromatic rings. The van der Waals surface area contributed by atoms with Gasteiger partial charge in [0.2, 0.25) is 0 Å². The molecule has 1 aromatic heterocycles. The molecule has 2 rings (SSSR count). The van der Waals surface area contributed by atoms with Crippen LogP contribution in [0, 0.1) is 19.8 Å². The average Bonchev–Trinajstić information content (AvgIpc) is 2.56. The predicted octanol–water partition coefficient (Wildman–Crippen LogP) is 2.45. The Bertz CT molecular complexity index is 335. The van der Waals surface area contributed by atoms with Crippen molar-refractivity contribution in [2.75, 3.05) is 13.2 Å². The van der Waals surface area contributed by atoms with Crippen molar-refractivity contribution in [1.29, 1.82) is 0 Å². The fourth-order valence-electron chi connectivity index (χ4n) is 2.09. The zero-order valence-corrected chi connectivity index (χ0v) is 9.08. The minimum atomic E-state index is 0.544. The average molecular weight is 191 g/mol. The molecule has 0 radical (unpaired) electrons. The number of rotatable bonds is 1. The van der Waals surface area contributed by atoms with Crippen LogP contribution in [0.25, 0.3) is 0 Å². The first kappa shape index (κ1) is 9.66. The van der Waals surface area contributed by atoms with Crippen molar-refractivity contribution in [3.05, 3.63) is 29.1 Å². The molecule has 0 aliphatic carbocycles. The molecule has 14 heavy (non-hydrogen) atoms. The second kappa shape index (κ2) is 3.70. The van der Waals surface area contributed by atoms with E-state index in [1.54, 1.807) is 0 Å². The zero-order chi connectivity index (χ0) is 10.1. The Morgan fingerprint density at radius 3 is 2.79 bits per heavy atom. The highest BCUT2D eigenvalue weighted by Crippen LogP contribution is 2.31. The Morgan fingerprint density at radius 1 is 1.36 bits per heavy atom. The van der Waals surface area contributed by atoms with Gasteiger partial charge >= 0.3 is 0 Å². The highest BCUT2D eigenvalue weighted by molar-refractivity contribution is 5.28. The fourth-order valence-corrected chi connectivity index (χ4v) is 2.09. The summed E-state index contributed by atoms with van der Waals surface area (Å²) in [7, 11) is 0. The molecule has 0 saturated carbocycles. The lowest BCUT2D eigenvalue weighted by Gasteiger charge is -2.16. The number of aromatic nitrogens is 1. The van der Waals surface area contributed by atoms with Crippen LogP contribution in [0.5, 0.6) is 0 Å². The van der Waals surface area contributed by atoms with Gasteiger partial charge in [0, 0.05) is 24.4 Å². The van der Waals surface area contributed by atoms with Gasteiger partial charge in [-0.25, -0.2) is 0 Å². The summed E-state index contributed by atoms with van der Waals surface area (Å²) in [4.78, 5) is 4.40. The molecule has 1 aliphatic heterocycles. The first-order valence-corrected chi connectivity index (χ1v) is 5.19. The van der Waals surface area contributed by atoms with E-state index in [-0.39, 0.29) is 0 Å². The molecular formula is C12H17NO. The highest BCUT2D eigenvalue weighted by atomic mass is 16.5. The Morgan fingerprint density at radius 2 is 2.14 bits per heavy atom. The van der Waals surface area contributed by atoms with E-state index in [1.165, 1.54) is 11.1 Å². The maximum Gasteiger partial charge on any atom is 0.0538 e. The Hall–Kier alpha value is -0.890. The van der Waals surface area contributed by atoms with Crippen LogP contribution in [0.1, 0.15) is 29.7 Å². The molecule has 1 fully saturated rings. The van der Waals surface area contributed by atoms with Gasteiger partial charge < -0.3 is 4.74 Å².